The maximum absolute atomic E-state index is 2.42. The lowest BCUT2D eigenvalue weighted by molar-refractivity contribution is 0.171. The topological polar surface area (TPSA) is 3.24 Å². The zero-order chi connectivity index (χ0) is 69.3. The molecule has 524 valence electrons. The Labute approximate surface area is 549 Å². The first-order chi connectivity index (χ1) is 37.3. The van der Waals surface area contributed by atoms with Gasteiger partial charge < -0.3 is 4.90 Å². The van der Waals surface area contributed by atoms with E-state index in [1.54, 1.807) is 0 Å². The van der Waals surface area contributed by atoms with Crippen molar-refractivity contribution >= 4 is 0 Å². The summed E-state index contributed by atoms with van der Waals surface area (Å²) in [6.45, 7) is 97.0. The summed E-state index contributed by atoms with van der Waals surface area (Å²) in [4.78, 5) is 2.42. The smallest absolute Gasteiger partial charge is 0.00272 e. The highest BCUT2D eigenvalue weighted by atomic mass is 15.1. The summed E-state index contributed by atoms with van der Waals surface area (Å²) in [6, 6.07) is 0. The van der Waals surface area contributed by atoms with Crippen molar-refractivity contribution in [2.75, 3.05) is 20.1 Å². The summed E-state index contributed by atoms with van der Waals surface area (Å²) >= 11 is 0. The molecular weight excluding hydrogens is 1020 g/mol. The van der Waals surface area contributed by atoms with Gasteiger partial charge in [0.15, 0.2) is 0 Å². The van der Waals surface area contributed by atoms with Gasteiger partial charge in [0.05, 0.1) is 0 Å². The molecule has 0 atom stereocenters. The van der Waals surface area contributed by atoms with Crippen LogP contribution in [0, 0.1) is 89.2 Å². The van der Waals surface area contributed by atoms with Crippen LogP contribution in [0.1, 0.15) is 438 Å². The van der Waals surface area contributed by atoms with E-state index in [0.717, 1.165) is 29.6 Å². The van der Waals surface area contributed by atoms with Crippen molar-refractivity contribution in [2.45, 2.75) is 438 Å². The molecule has 0 aromatic carbocycles. The number of nitrogens with zero attached hydrogens (tertiary/aromatic N) is 1. The van der Waals surface area contributed by atoms with Gasteiger partial charge in [-0.1, -0.05) is 374 Å². The van der Waals surface area contributed by atoms with Crippen LogP contribution in [0.2, 0.25) is 0 Å². The largest absolute Gasteiger partial charge is 0.305 e. The summed E-state index contributed by atoms with van der Waals surface area (Å²) < 4.78 is 0. The molecule has 1 nitrogen and oxygen atoms in total. The normalized spacial score (nSPS) is 14.2. The van der Waals surface area contributed by atoms with Crippen molar-refractivity contribution in [3.63, 3.8) is 0 Å². The van der Waals surface area contributed by atoms with Gasteiger partial charge in [0.2, 0.25) is 0 Å². The van der Waals surface area contributed by atoms with Crippen LogP contribution < -0.4 is 0 Å². The van der Waals surface area contributed by atoms with Crippen LogP contribution in [-0.4, -0.2) is 25.0 Å². The zero-order valence-corrected chi connectivity index (χ0v) is 69.2. The predicted octanol–water partition coefficient (Wildman–Crippen LogP) is 30.9. The molecule has 1 aliphatic rings. The molecule has 0 aromatic rings. The molecule has 0 radical (unpaired) electrons. The third-order valence-corrected chi connectivity index (χ3v) is 14.8. The Balaban J connectivity index is -0.000000164. The average Bonchev–Trinajstić information content (AvgIpc) is 3.73. The molecule has 0 aromatic heterocycles. The molecular formula is C84H183N. The molecule has 0 N–H and O–H groups in total. The van der Waals surface area contributed by atoms with Crippen LogP contribution in [0.25, 0.3) is 0 Å². The summed E-state index contributed by atoms with van der Waals surface area (Å²) in [5, 5.41) is 0. The predicted molar refractivity (Wildman–Crippen MR) is 405 cm³/mol. The second-order valence-electron chi connectivity index (χ2n) is 42.9. The van der Waals surface area contributed by atoms with Crippen molar-refractivity contribution < 1.29 is 0 Å². The van der Waals surface area contributed by atoms with E-state index in [2.05, 4.69) is 296 Å². The highest BCUT2D eigenvalue weighted by molar-refractivity contribution is 4.74. The summed E-state index contributed by atoms with van der Waals surface area (Å²) in [5.74, 6) is 4.58. The van der Waals surface area contributed by atoms with Crippen molar-refractivity contribution in [1.82, 2.24) is 4.90 Å². The van der Waals surface area contributed by atoms with Crippen LogP contribution in [0.4, 0.5) is 0 Å². The van der Waals surface area contributed by atoms with E-state index in [1.807, 2.05) is 0 Å². The second-order valence-corrected chi connectivity index (χ2v) is 42.9. The lowest BCUT2D eigenvalue weighted by Gasteiger charge is -2.31. The Hall–Kier alpha value is -0.0400. The van der Waals surface area contributed by atoms with Gasteiger partial charge in [-0.2, -0.15) is 0 Å². The molecule has 1 saturated carbocycles. The maximum Gasteiger partial charge on any atom is 0.00272 e. The van der Waals surface area contributed by atoms with Crippen molar-refractivity contribution in [2.24, 2.45) is 89.2 Å². The van der Waals surface area contributed by atoms with Gasteiger partial charge in [-0.3, -0.25) is 0 Å². The van der Waals surface area contributed by atoms with Crippen LogP contribution in [0.3, 0.4) is 0 Å². The number of rotatable bonds is 20. The molecule has 1 heteroatoms. The fourth-order valence-corrected chi connectivity index (χ4v) is 9.68. The molecule has 0 heterocycles. The molecule has 1 aliphatic carbocycles. The molecule has 0 amide bonds. The van der Waals surface area contributed by atoms with E-state index in [0.29, 0.717) is 59.6 Å². The van der Waals surface area contributed by atoms with E-state index in [9.17, 15) is 0 Å². The van der Waals surface area contributed by atoms with Gasteiger partial charge in [-0.25, -0.2) is 0 Å². The number of hydrogen-bond donors (Lipinski definition) is 0. The third-order valence-electron chi connectivity index (χ3n) is 14.8. The molecule has 0 saturated heterocycles. The first kappa shape index (κ1) is 98.5. The Kier molecular flexibility index (Phi) is 55.4. The first-order valence-corrected chi connectivity index (χ1v) is 36.9. The SMILES string of the molecule is CC(C)(C)CCC(C)(C)C.CC(C)(C)CCC1CCCC1.CC(C)(C)CCCCC(C)(C)C.CC(C)CCC(C)(C)C.CC(C)CCCC(C)(C)C.CC(C)CCCC(C)(C)C.CC(C)CCCCC(C)(C)C.CN(CC(C)(C)C)CC(C)(C)C. The summed E-state index contributed by atoms with van der Waals surface area (Å²) in [7, 11) is 2.20. The Bertz CT molecular complexity index is 1310. The third kappa shape index (κ3) is 126. The standard InChI is InChI=1S/C12H26.C11H25N.C11H22.C11H24.3C10H22.C9H20/c1-11(2,3)9-7-8-10-12(4,5)6;1-10(2,3)8-12(7)9-11(4,5)6;1-11(2,3)9-8-10-6-4-5-7-10;1-10(2)8-6-7-9-11(3,4)5;1-9(2,3)7-8-10(4,5)6;2*1-9(2)7-6-8-10(3,4)5;1-8(2)6-7-9(3,4)5/h7-10H2,1-6H3;8-9H2,1-7H3;10H,4-9H2,1-3H3;10H,6-9H2,1-5H3;7-8H2,1-6H3;2*9H,6-8H2,1-5H3;8H,6-7H2,1-5H3. The minimum Gasteiger partial charge on any atom is -0.305 e. The Morgan fingerprint density at radius 3 is 0.659 bits per heavy atom. The molecule has 1 rings (SSSR count). The average molecular weight is 1210 g/mol. The second kappa shape index (κ2) is 47.8. The minimum atomic E-state index is 0.417. The highest BCUT2D eigenvalue weighted by Crippen LogP contribution is 2.34. The van der Waals surface area contributed by atoms with Gasteiger partial charge in [0.1, 0.15) is 0 Å². The fraction of sp³-hybridized carbons (Fsp3) is 1.00. The van der Waals surface area contributed by atoms with E-state index in [-0.39, 0.29) is 0 Å². The van der Waals surface area contributed by atoms with Crippen LogP contribution in [-0.2, 0) is 0 Å². The van der Waals surface area contributed by atoms with Crippen LogP contribution in [0.15, 0.2) is 0 Å². The van der Waals surface area contributed by atoms with Crippen molar-refractivity contribution in [3.8, 4) is 0 Å². The maximum atomic E-state index is 2.42. The molecule has 1 fully saturated rings. The van der Waals surface area contributed by atoms with Gasteiger partial charge in [0.25, 0.3) is 0 Å². The summed E-state index contributed by atoms with van der Waals surface area (Å²) in [5.41, 5.74) is 5.60. The monoisotopic (exact) mass is 1210 g/mol. The van der Waals surface area contributed by atoms with E-state index in [1.165, 1.54) is 167 Å². The molecule has 0 spiro atoms. The molecule has 0 unspecified atom stereocenters. The quantitative estimate of drug-likeness (QED) is 0.110. The van der Waals surface area contributed by atoms with Crippen molar-refractivity contribution in [3.05, 3.63) is 0 Å². The van der Waals surface area contributed by atoms with Gasteiger partial charge in [-0.05, 0) is 160 Å². The lowest BCUT2D eigenvalue weighted by atomic mass is 9.81. The van der Waals surface area contributed by atoms with E-state index >= 15 is 0 Å². The zero-order valence-electron chi connectivity index (χ0n) is 69.2. The van der Waals surface area contributed by atoms with Gasteiger partial charge >= 0.3 is 0 Å². The van der Waals surface area contributed by atoms with Crippen LogP contribution >= 0.6 is 0 Å². The number of hydrogen-bond acceptors (Lipinski definition) is 1. The summed E-state index contributed by atoms with van der Waals surface area (Å²) in [6.07, 6.45) is 33.7. The van der Waals surface area contributed by atoms with Gasteiger partial charge in [-0.15, -0.1) is 0 Å². The highest BCUT2D eigenvalue weighted by Gasteiger charge is 2.21. The molecule has 85 heavy (non-hydrogen) atoms. The minimum absolute atomic E-state index is 0.417. The Morgan fingerprint density at radius 1 is 0.247 bits per heavy atom. The molecule has 0 aliphatic heterocycles. The van der Waals surface area contributed by atoms with E-state index in [4.69, 9.17) is 0 Å². The van der Waals surface area contributed by atoms with Gasteiger partial charge in [0, 0.05) is 13.1 Å². The fourth-order valence-electron chi connectivity index (χ4n) is 9.68. The number of unbranched alkanes of at least 4 members (excludes halogenated alkanes) is 2. The first-order valence-electron chi connectivity index (χ1n) is 36.9. The molecule has 0 bridgehead atoms. The van der Waals surface area contributed by atoms with Crippen LogP contribution in [0.5, 0.6) is 0 Å². The van der Waals surface area contributed by atoms with E-state index < -0.39 is 0 Å². The van der Waals surface area contributed by atoms with Crippen molar-refractivity contribution in [1.29, 1.82) is 0 Å². The lowest BCUT2D eigenvalue weighted by Crippen LogP contribution is -2.35. The Morgan fingerprint density at radius 2 is 0.459 bits per heavy atom.